The largest absolute Gasteiger partial charge is 0.319 e. The highest BCUT2D eigenvalue weighted by atomic mass is 19.3. The number of alkyl halides is 2. The Balaban J connectivity index is 1.72. The van der Waals surface area contributed by atoms with Gasteiger partial charge in [-0.05, 0) is 30.4 Å². The molecule has 106 valence electrons. The van der Waals surface area contributed by atoms with E-state index in [1.54, 1.807) is 0 Å². The van der Waals surface area contributed by atoms with Gasteiger partial charge in [-0.2, -0.15) is 8.78 Å². The van der Waals surface area contributed by atoms with Gasteiger partial charge in [0.25, 0.3) is 0 Å². The molecule has 0 aliphatic heterocycles. The number of benzene rings is 1. The third-order valence-corrected chi connectivity index (χ3v) is 3.84. The number of fused-ring (bicyclic) bond motifs is 1. The highest BCUT2D eigenvalue weighted by molar-refractivity contribution is 5.32. The molecular formula is C15H17F2N3. The SMILES string of the molecule is FC(F)n1ccnc1CNC1CCCc2ccccc21. The number of halogens is 2. The van der Waals surface area contributed by atoms with E-state index in [0.29, 0.717) is 12.4 Å². The second-order valence-corrected chi connectivity index (χ2v) is 5.05. The van der Waals surface area contributed by atoms with E-state index in [1.807, 2.05) is 12.1 Å². The van der Waals surface area contributed by atoms with Gasteiger partial charge >= 0.3 is 6.55 Å². The molecule has 0 radical (unpaired) electrons. The van der Waals surface area contributed by atoms with Crippen LogP contribution in [0.4, 0.5) is 8.78 Å². The van der Waals surface area contributed by atoms with Crippen LogP contribution in [0.1, 0.15) is 42.4 Å². The molecule has 0 spiro atoms. The van der Waals surface area contributed by atoms with Gasteiger partial charge in [0.2, 0.25) is 0 Å². The lowest BCUT2D eigenvalue weighted by Gasteiger charge is -2.26. The average molecular weight is 277 g/mol. The predicted molar refractivity (Wildman–Crippen MR) is 72.4 cm³/mol. The van der Waals surface area contributed by atoms with Gasteiger partial charge in [0, 0.05) is 18.4 Å². The van der Waals surface area contributed by atoms with E-state index < -0.39 is 6.55 Å². The van der Waals surface area contributed by atoms with Crippen LogP contribution in [0.2, 0.25) is 0 Å². The van der Waals surface area contributed by atoms with Crippen LogP contribution in [0, 0.1) is 0 Å². The maximum atomic E-state index is 12.8. The minimum atomic E-state index is -2.53. The molecule has 1 N–H and O–H groups in total. The van der Waals surface area contributed by atoms with Crippen LogP contribution in [0.5, 0.6) is 0 Å². The van der Waals surface area contributed by atoms with Gasteiger partial charge in [-0.25, -0.2) is 4.98 Å². The van der Waals surface area contributed by atoms with Crippen molar-refractivity contribution >= 4 is 0 Å². The third-order valence-electron chi connectivity index (χ3n) is 3.84. The first-order valence-corrected chi connectivity index (χ1v) is 6.87. The Bertz CT molecular complexity index is 580. The Hall–Kier alpha value is -1.75. The summed E-state index contributed by atoms with van der Waals surface area (Å²) in [6.45, 7) is -2.18. The summed E-state index contributed by atoms with van der Waals surface area (Å²) in [4.78, 5) is 4.00. The quantitative estimate of drug-likeness (QED) is 0.927. The molecule has 1 atom stereocenters. The molecule has 1 aliphatic carbocycles. The number of nitrogens with zero attached hydrogens (tertiary/aromatic N) is 2. The third kappa shape index (κ3) is 2.58. The zero-order chi connectivity index (χ0) is 13.9. The van der Waals surface area contributed by atoms with E-state index in [-0.39, 0.29) is 6.04 Å². The van der Waals surface area contributed by atoms with E-state index in [9.17, 15) is 8.78 Å². The van der Waals surface area contributed by atoms with E-state index in [2.05, 4.69) is 22.4 Å². The average Bonchev–Trinajstić information content (AvgIpc) is 2.93. The lowest BCUT2D eigenvalue weighted by molar-refractivity contribution is 0.0664. The smallest absolute Gasteiger partial charge is 0.303 e. The molecule has 0 saturated heterocycles. The van der Waals surface area contributed by atoms with Crippen molar-refractivity contribution in [2.75, 3.05) is 0 Å². The van der Waals surface area contributed by atoms with Gasteiger partial charge in [-0.15, -0.1) is 0 Å². The number of hydrogen-bond donors (Lipinski definition) is 1. The summed E-state index contributed by atoms with van der Waals surface area (Å²) in [5.41, 5.74) is 2.64. The van der Waals surface area contributed by atoms with Crippen LogP contribution in [-0.4, -0.2) is 9.55 Å². The summed E-state index contributed by atoms with van der Waals surface area (Å²) in [6, 6.07) is 8.56. The molecule has 1 aliphatic rings. The maximum absolute atomic E-state index is 12.8. The van der Waals surface area contributed by atoms with E-state index in [4.69, 9.17) is 0 Å². The highest BCUT2D eigenvalue weighted by Gasteiger charge is 2.20. The van der Waals surface area contributed by atoms with Gasteiger partial charge in [-0.3, -0.25) is 4.57 Å². The molecule has 0 fully saturated rings. The van der Waals surface area contributed by atoms with Crippen molar-refractivity contribution in [2.45, 2.75) is 38.4 Å². The van der Waals surface area contributed by atoms with Crippen molar-refractivity contribution in [1.82, 2.24) is 14.9 Å². The molecule has 3 rings (SSSR count). The Morgan fingerprint density at radius 1 is 1.35 bits per heavy atom. The maximum Gasteiger partial charge on any atom is 0.319 e. The lowest BCUT2D eigenvalue weighted by Crippen LogP contribution is -2.26. The zero-order valence-electron chi connectivity index (χ0n) is 11.1. The summed E-state index contributed by atoms with van der Waals surface area (Å²) >= 11 is 0. The van der Waals surface area contributed by atoms with Crippen LogP contribution in [0.3, 0.4) is 0 Å². The number of imidazole rings is 1. The van der Waals surface area contributed by atoms with Gasteiger partial charge in [0.15, 0.2) is 0 Å². The van der Waals surface area contributed by atoms with Crippen LogP contribution < -0.4 is 5.32 Å². The van der Waals surface area contributed by atoms with Crippen LogP contribution in [0.25, 0.3) is 0 Å². The number of aromatic nitrogens is 2. The van der Waals surface area contributed by atoms with Crippen molar-refractivity contribution in [3.8, 4) is 0 Å². The van der Waals surface area contributed by atoms with Crippen molar-refractivity contribution in [3.63, 3.8) is 0 Å². The zero-order valence-corrected chi connectivity index (χ0v) is 11.1. The minimum Gasteiger partial charge on any atom is -0.303 e. The van der Waals surface area contributed by atoms with Crippen LogP contribution in [-0.2, 0) is 13.0 Å². The molecular weight excluding hydrogens is 260 g/mol. The first-order valence-electron chi connectivity index (χ1n) is 6.87. The normalized spacial score (nSPS) is 18.2. The molecule has 1 aromatic carbocycles. The van der Waals surface area contributed by atoms with Crippen molar-refractivity contribution in [1.29, 1.82) is 0 Å². The summed E-state index contributed by atoms with van der Waals surface area (Å²) in [5, 5.41) is 3.36. The van der Waals surface area contributed by atoms with Crippen LogP contribution in [0.15, 0.2) is 36.7 Å². The van der Waals surface area contributed by atoms with Gasteiger partial charge in [0.1, 0.15) is 5.82 Å². The van der Waals surface area contributed by atoms with Gasteiger partial charge in [0.05, 0.1) is 6.54 Å². The molecule has 2 aromatic rings. The Labute approximate surface area is 116 Å². The van der Waals surface area contributed by atoms with E-state index >= 15 is 0 Å². The highest BCUT2D eigenvalue weighted by Crippen LogP contribution is 2.29. The summed E-state index contributed by atoms with van der Waals surface area (Å²) in [5.74, 6) is 0.378. The molecule has 0 saturated carbocycles. The molecule has 20 heavy (non-hydrogen) atoms. The fourth-order valence-electron chi connectivity index (χ4n) is 2.84. The van der Waals surface area contributed by atoms with Crippen molar-refractivity contribution < 1.29 is 8.78 Å². The summed E-state index contributed by atoms with van der Waals surface area (Å²) in [7, 11) is 0. The Morgan fingerprint density at radius 2 is 2.20 bits per heavy atom. The monoisotopic (exact) mass is 277 g/mol. The van der Waals surface area contributed by atoms with Crippen molar-refractivity contribution in [2.24, 2.45) is 0 Å². The number of rotatable bonds is 4. The summed E-state index contributed by atoms with van der Waals surface area (Å²) < 4.78 is 26.4. The minimum absolute atomic E-state index is 0.225. The molecule has 1 aromatic heterocycles. The predicted octanol–water partition coefficient (Wildman–Crippen LogP) is 3.45. The first-order chi connectivity index (χ1) is 9.75. The molecule has 3 nitrogen and oxygen atoms in total. The molecule has 0 amide bonds. The first kappa shape index (κ1) is 13.2. The Morgan fingerprint density at radius 3 is 3.05 bits per heavy atom. The fourth-order valence-corrected chi connectivity index (χ4v) is 2.84. The fraction of sp³-hybridized carbons (Fsp3) is 0.400. The molecule has 1 heterocycles. The lowest BCUT2D eigenvalue weighted by atomic mass is 9.88. The second-order valence-electron chi connectivity index (χ2n) is 5.05. The number of nitrogens with one attached hydrogen (secondary N) is 1. The standard InChI is InChI=1S/C15H17F2N3/c16-15(17)20-9-8-18-14(20)10-19-13-7-3-5-11-4-1-2-6-12(11)13/h1-2,4,6,8-9,13,15,19H,3,5,7,10H2. The number of aryl methyl sites for hydroxylation is 1. The number of hydrogen-bond acceptors (Lipinski definition) is 2. The second kappa shape index (κ2) is 5.71. The van der Waals surface area contributed by atoms with E-state index in [1.165, 1.54) is 23.5 Å². The molecule has 5 heteroatoms. The topological polar surface area (TPSA) is 29.9 Å². The van der Waals surface area contributed by atoms with E-state index in [0.717, 1.165) is 23.8 Å². The van der Waals surface area contributed by atoms with Crippen molar-refractivity contribution in [3.05, 3.63) is 53.6 Å². The molecule has 1 unspecified atom stereocenters. The van der Waals surface area contributed by atoms with Gasteiger partial charge in [-0.1, -0.05) is 24.3 Å². The Kier molecular flexibility index (Phi) is 3.78. The van der Waals surface area contributed by atoms with Gasteiger partial charge < -0.3 is 5.32 Å². The molecule has 0 bridgehead atoms. The van der Waals surface area contributed by atoms with Crippen LogP contribution >= 0.6 is 0 Å². The summed E-state index contributed by atoms with van der Waals surface area (Å²) in [6.07, 6.45) is 5.98.